The maximum absolute atomic E-state index is 13.4. The molecule has 0 fully saturated rings. The highest BCUT2D eigenvalue weighted by molar-refractivity contribution is 6.23. The van der Waals surface area contributed by atoms with Gasteiger partial charge in [0.15, 0.2) is 5.78 Å². The minimum atomic E-state index is -0.632. The summed E-state index contributed by atoms with van der Waals surface area (Å²) in [5.74, 6) is 0.283. The van der Waals surface area contributed by atoms with Gasteiger partial charge in [-0.2, -0.15) is 0 Å². The molecule has 30 heavy (non-hydrogen) atoms. The number of aromatic nitrogens is 2. The quantitative estimate of drug-likeness (QED) is 0.704. The number of hydrogen-bond acceptors (Lipinski definition) is 5. The molecule has 0 unspecified atom stereocenters. The van der Waals surface area contributed by atoms with Gasteiger partial charge in [0.25, 0.3) is 5.56 Å². The summed E-state index contributed by atoms with van der Waals surface area (Å²) in [7, 11) is 1.59. The van der Waals surface area contributed by atoms with E-state index in [-0.39, 0.29) is 5.78 Å². The van der Waals surface area contributed by atoms with Gasteiger partial charge >= 0.3 is 5.69 Å². The molecular formula is C23H19N3O4. The van der Waals surface area contributed by atoms with Crippen molar-refractivity contribution in [2.75, 3.05) is 11.9 Å². The van der Waals surface area contributed by atoms with E-state index in [0.29, 0.717) is 40.6 Å². The number of carbonyl (C=O) groups excluding carboxylic acids is 1. The summed E-state index contributed by atoms with van der Waals surface area (Å²) >= 11 is 0. The molecule has 7 nitrogen and oxygen atoms in total. The summed E-state index contributed by atoms with van der Waals surface area (Å²) < 4.78 is 7.01. The molecule has 5 rings (SSSR count). The lowest BCUT2D eigenvalue weighted by molar-refractivity contribution is 0.103. The van der Waals surface area contributed by atoms with Gasteiger partial charge in [-0.15, -0.1) is 0 Å². The second kappa shape index (κ2) is 6.59. The first-order valence-corrected chi connectivity index (χ1v) is 9.72. The van der Waals surface area contributed by atoms with Crippen LogP contribution in [0.1, 0.15) is 39.9 Å². The maximum atomic E-state index is 13.4. The van der Waals surface area contributed by atoms with Gasteiger partial charge in [-0.1, -0.05) is 36.4 Å². The molecule has 1 aliphatic heterocycles. The zero-order valence-electron chi connectivity index (χ0n) is 16.5. The Morgan fingerprint density at radius 2 is 1.80 bits per heavy atom. The summed E-state index contributed by atoms with van der Waals surface area (Å²) in [4.78, 5) is 40.9. The highest BCUT2D eigenvalue weighted by Crippen LogP contribution is 2.48. The molecule has 3 aromatic rings. The average Bonchev–Trinajstić information content (AvgIpc) is 3.03. The number of anilines is 1. The lowest BCUT2D eigenvalue weighted by Crippen LogP contribution is -2.37. The molecule has 0 spiro atoms. The largest absolute Gasteiger partial charge is 0.494 e. The summed E-state index contributed by atoms with van der Waals surface area (Å²) in [6.45, 7) is 2.39. The number of Topliss-reactive ketones (excluding diaryl/α,β-unsaturated/α-hetero) is 1. The minimum absolute atomic E-state index is 0.126. The van der Waals surface area contributed by atoms with Gasteiger partial charge in [0.1, 0.15) is 11.6 Å². The summed E-state index contributed by atoms with van der Waals surface area (Å²) in [5, 5.41) is 3.21. The monoisotopic (exact) mass is 401 g/mol. The molecule has 2 N–H and O–H groups in total. The average molecular weight is 401 g/mol. The van der Waals surface area contributed by atoms with Gasteiger partial charge < -0.3 is 10.1 Å². The lowest BCUT2D eigenvalue weighted by Gasteiger charge is -2.29. The fraction of sp³-hybridized carbons (Fsp3) is 0.174. The number of benzene rings is 2. The Bertz CT molecular complexity index is 1360. The third-order valence-corrected chi connectivity index (χ3v) is 5.64. The number of aromatic amines is 1. The van der Waals surface area contributed by atoms with Gasteiger partial charge in [0, 0.05) is 29.7 Å². The summed E-state index contributed by atoms with van der Waals surface area (Å²) in [6, 6.07) is 14.7. The second-order valence-electron chi connectivity index (χ2n) is 7.31. The van der Waals surface area contributed by atoms with Crippen molar-refractivity contribution >= 4 is 17.3 Å². The van der Waals surface area contributed by atoms with E-state index in [2.05, 4.69) is 10.3 Å². The number of nitrogens with zero attached hydrogens (tertiary/aromatic N) is 1. The molecule has 1 atom stereocenters. The maximum Gasteiger partial charge on any atom is 0.329 e. The van der Waals surface area contributed by atoms with Gasteiger partial charge in [0.05, 0.1) is 17.9 Å². The van der Waals surface area contributed by atoms with Crippen LogP contribution in [0, 0.1) is 0 Å². The Kier molecular flexibility index (Phi) is 3.99. The van der Waals surface area contributed by atoms with E-state index in [4.69, 9.17) is 4.74 Å². The SMILES string of the molecule is CCOc1cccc([C@H]2C3=C(Nc4c2c(=O)[nH]c(=O)n4C)c2ccccc2C3=O)c1. The third kappa shape index (κ3) is 2.48. The van der Waals surface area contributed by atoms with Crippen LogP contribution in [0.4, 0.5) is 5.82 Å². The van der Waals surface area contributed by atoms with Crippen LogP contribution in [0.15, 0.2) is 63.7 Å². The predicted octanol–water partition coefficient (Wildman–Crippen LogP) is 2.64. The molecule has 2 aromatic carbocycles. The first-order chi connectivity index (χ1) is 14.5. The van der Waals surface area contributed by atoms with Crippen molar-refractivity contribution in [1.29, 1.82) is 0 Å². The molecule has 1 aromatic heterocycles. The zero-order valence-corrected chi connectivity index (χ0v) is 16.5. The number of hydrogen-bond donors (Lipinski definition) is 2. The Morgan fingerprint density at radius 1 is 1.03 bits per heavy atom. The Hall–Kier alpha value is -3.87. The smallest absolute Gasteiger partial charge is 0.329 e. The van der Waals surface area contributed by atoms with Crippen molar-refractivity contribution in [1.82, 2.24) is 9.55 Å². The predicted molar refractivity (Wildman–Crippen MR) is 113 cm³/mol. The molecule has 1 aliphatic carbocycles. The Labute approximate surface area is 171 Å². The molecule has 150 valence electrons. The number of ketones is 1. The van der Waals surface area contributed by atoms with Crippen LogP contribution in [0.3, 0.4) is 0 Å². The van der Waals surface area contributed by atoms with Crippen LogP contribution in [-0.4, -0.2) is 21.9 Å². The number of rotatable bonds is 3. The van der Waals surface area contributed by atoms with Crippen LogP contribution in [0.2, 0.25) is 0 Å². The summed E-state index contributed by atoms with van der Waals surface area (Å²) in [5.41, 5.74) is 2.54. The van der Waals surface area contributed by atoms with Crippen molar-refractivity contribution < 1.29 is 9.53 Å². The normalized spacial score (nSPS) is 16.6. The number of nitrogens with one attached hydrogen (secondary N) is 2. The van der Waals surface area contributed by atoms with Gasteiger partial charge in [0.2, 0.25) is 0 Å². The second-order valence-corrected chi connectivity index (χ2v) is 7.31. The molecule has 2 aliphatic rings. The molecular weight excluding hydrogens is 382 g/mol. The van der Waals surface area contributed by atoms with Gasteiger partial charge in [-0.05, 0) is 24.6 Å². The van der Waals surface area contributed by atoms with Gasteiger partial charge in [-0.3, -0.25) is 19.1 Å². The topological polar surface area (TPSA) is 93.2 Å². The van der Waals surface area contributed by atoms with Crippen molar-refractivity contribution in [3.63, 3.8) is 0 Å². The third-order valence-electron chi connectivity index (χ3n) is 5.64. The lowest BCUT2D eigenvalue weighted by atomic mass is 9.81. The number of H-pyrrole nitrogens is 1. The van der Waals surface area contributed by atoms with E-state index in [0.717, 1.165) is 11.1 Å². The molecule has 2 heterocycles. The molecule has 0 amide bonds. The van der Waals surface area contributed by atoms with Crippen LogP contribution in [0.5, 0.6) is 5.75 Å². The number of fused-ring (bicyclic) bond motifs is 3. The minimum Gasteiger partial charge on any atom is -0.494 e. The fourth-order valence-corrected chi connectivity index (χ4v) is 4.32. The van der Waals surface area contributed by atoms with Crippen molar-refractivity contribution in [3.05, 3.63) is 97.2 Å². The summed E-state index contributed by atoms with van der Waals surface area (Å²) in [6.07, 6.45) is 0. The zero-order chi connectivity index (χ0) is 21.0. The molecule has 7 heteroatoms. The fourth-order valence-electron chi connectivity index (χ4n) is 4.32. The van der Waals surface area contributed by atoms with E-state index in [1.165, 1.54) is 4.57 Å². The molecule has 0 radical (unpaired) electrons. The molecule has 0 saturated heterocycles. The number of allylic oxidation sites excluding steroid dienone is 1. The van der Waals surface area contributed by atoms with Crippen LogP contribution in [0.25, 0.3) is 5.70 Å². The van der Waals surface area contributed by atoms with E-state index in [1.807, 2.05) is 49.4 Å². The van der Waals surface area contributed by atoms with E-state index in [1.54, 1.807) is 13.1 Å². The van der Waals surface area contributed by atoms with Crippen LogP contribution < -0.4 is 21.3 Å². The van der Waals surface area contributed by atoms with Crippen molar-refractivity contribution in [2.24, 2.45) is 7.05 Å². The van der Waals surface area contributed by atoms with Crippen LogP contribution >= 0.6 is 0 Å². The Balaban J connectivity index is 1.83. The van der Waals surface area contributed by atoms with Crippen LogP contribution in [-0.2, 0) is 7.05 Å². The van der Waals surface area contributed by atoms with E-state index >= 15 is 0 Å². The van der Waals surface area contributed by atoms with E-state index in [9.17, 15) is 14.4 Å². The number of ether oxygens (including phenoxy) is 1. The Morgan fingerprint density at radius 3 is 2.57 bits per heavy atom. The first kappa shape index (κ1) is 18.2. The van der Waals surface area contributed by atoms with E-state index < -0.39 is 17.2 Å². The highest BCUT2D eigenvalue weighted by atomic mass is 16.5. The first-order valence-electron chi connectivity index (χ1n) is 9.72. The molecule has 0 saturated carbocycles. The van der Waals surface area contributed by atoms with Crippen molar-refractivity contribution in [2.45, 2.75) is 12.8 Å². The van der Waals surface area contributed by atoms with Gasteiger partial charge in [-0.25, -0.2) is 4.79 Å². The highest BCUT2D eigenvalue weighted by Gasteiger charge is 2.42. The standard InChI is InChI=1S/C23H19N3O4/c1-3-30-13-8-6-7-12(11-13)16-17-19(14-9-4-5-10-15(14)20(17)27)24-21-18(16)22(28)25-23(29)26(21)2/h4-11,16,24H,3H2,1-2H3,(H,25,28,29)/t16-/m0/s1. The number of carbonyl (C=O) groups is 1. The molecule has 0 bridgehead atoms. The van der Waals surface area contributed by atoms with Crippen molar-refractivity contribution in [3.8, 4) is 5.75 Å².